The maximum absolute atomic E-state index is 11.8. The molecule has 1 saturated heterocycles. The zero-order valence-electron chi connectivity index (χ0n) is 13.2. The molecule has 1 atom stereocenters. The Morgan fingerprint density at radius 3 is 2.43 bits per heavy atom. The van der Waals surface area contributed by atoms with E-state index in [2.05, 4.69) is 22.6 Å². The van der Waals surface area contributed by atoms with Gasteiger partial charge in [-0.1, -0.05) is 19.3 Å². The number of likely N-dealkylation sites (tertiary alicyclic amines) is 1. The number of nitrogens with zero attached hydrogens (tertiary/aromatic N) is 1. The van der Waals surface area contributed by atoms with Crippen LogP contribution in [0, 0.1) is 5.92 Å². The first-order valence-electron chi connectivity index (χ1n) is 8.39. The minimum Gasteiger partial charge on any atom is -0.353 e. The highest BCUT2D eigenvalue weighted by atomic mass is 16.2. The summed E-state index contributed by atoms with van der Waals surface area (Å²) in [6, 6.07) is 0.451. The Labute approximate surface area is 127 Å². The predicted molar refractivity (Wildman–Crippen MR) is 82.9 cm³/mol. The van der Waals surface area contributed by atoms with Gasteiger partial charge in [0.1, 0.15) is 0 Å². The Kier molecular flexibility index (Phi) is 6.49. The first-order valence-corrected chi connectivity index (χ1v) is 8.39. The minimum atomic E-state index is -0.0766. The molecular formula is C16H29N3O2. The molecule has 0 bridgehead atoms. The van der Waals surface area contributed by atoms with Crippen LogP contribution in [0.3, 0.4) is 0 Å². The summed E-state index contributed by atoms with van der Waals surface area (Å²) in [5.74, 6) is 0.469. The molecule has 5 nitrogen and oxygen atoms in total. The largest absolute Gasteiger partial charge is 0.353 e. The maximum Gasteiger partial charge on any atom is 0.239 e. The molecule has 2 aliphatic rings. The normalized spacial score (nSPS) is 24.0. The maximum atomic E-state index is 11.8. The van der Waals surface area contributed by atoms with Gasteiger partial charge in [0.05, 0.1) is 6.54 Å². The van der Waals surface area contributed by atoms with Gasteiger partial charge in [-0.25, -0.2) is 0 Å². The third-order valence-electron chi connectivity index (χ3n) is 4.85. The first-order chi connectivity index (χ1) is 10.1. The number of rotatable bonds is 6. The van der Waals surface area contributed by atoms with Crippen molar-refractivity contribution in [3.05, 3.63) is 0 Å². The van der Waals surface area contributed by atoms with Crippen molar-refractivity contribution < 1.29 is 9.59 Å². The van der Waals surface area contributed by atoms with E-state index in [9.17, 15) is 9.59 Å². The Morgan fingerprint density at radius 1 is 1.00 bits per heavy atom. The van der Waals surface area contributed by atoms with E-state index in [-0.39, 0.29) is 18.4 Å². The number of amides is 2. The molecule has 0 radical (unpaired) electrons. The highest BCUT2D eigenvalue weighted by molar-refractivity contribution is 5.84. The summed E-state index contributed by atoms with van der Waals surface area (Å²) in [7, 11) is 2.09. The van der Waals surface area contributed by atoms with Crippen LogP contribution >= 0.6 is 0 Å². The fraction of sp³-hybridized carbons (Fsp3) is 0.875. The number of carbonyl (C=O) groups is 2. The quantitative estimate of drug-likeness (QED) is 0.776. The van der Waals surface area contributed by atoms with E-state index in [0.717, 1.165) is 25.8 Å². The van der Waals surface area contributed by atoms with Crippen molar-refractivity contribution in [2.75, 3.05) is 26.7 Å². The molecule has 0 aromatic heterocycles. The molecule has 1 unspecified atom stereocenters. The van der Waals surface area contributed by atoms with Crippen LogP contribution in [-0.2, 0) is 9.59 Å². The van der Waals surface area contributed by atoms with Crippen LogP contribution in [0.4, 0.5) is 0 Å². The second-order valence-electron chi connectivity index (χ2n) is 6.57. The Bertz CT molecular complexity index is 353. The van der Waals surface area contributed by atoms with Crippen LogP contribution in [0.15, 0.2) is 0 Å². The lowest BCUT2D eigenvalue weighted by Gasteiger charge is -2.21. The van der Waals surface area contributed by atoms with Gasteiger partial charge >= 0.3 is 0 Å². The standard InChI is InChI=1S/C16H29N3O2/c1-19-9-5-8-14(19)11-17-16(21)12-18-15(20)10-13-6-3-2-4-7-13/h13-14H,2-12H2,1H3,(H,17,21)(H,18,20). The van der Waals surface area contributed by atoms with Crippen molar-refractivity contribution >= 4 is 11.8 Å². The van der Waals surface area contributed by atoms with E-state index in [1.807, 2.05) is 0 Å². The van der Waals surface area contributed by atoms with Crippen molar-refractivity contribution in [1.82, 2.24) is 15.5 Å². The van der Waals surface area contributed by atoms with Crippen LogP contribution in [-0.4, -0.2) is 49.4 Å². The first kappa shape index (κ1) is 16.3. The highest BCUT2D eigenvalue weighted by Gasteiger charge is 2.21. The van der Waals surface area contributed by atoms with Gasteiger partial charge in [-0.3, -0.25) is 9.59 Å². The summed E-state index contributed by atoms with van der Waals surface area (Å²) in [6.45, 7) is 1.91. The fourth-order valence-electron chi connectivity index (χ4n) is 3.44. The molecule has 1 aliphatic heterocycles. The number of hydrogen-bond donors (Lipinski definition) is 2. The second-order valence-corrected chi connectivity index (χ2v) is 6.57. The number of nitrogens with one attached hydrogen (secondary N) is 2. The van der Waals surface area contributed by atoms with Gasteiger partial charge < -0.3 is 15.5 Å². The van der Waals surface area contributed by atoms with Crippen molar-refractivity contribution in [1.29, 1.82) is 0 Å². The van der Waals surface area contributed by atoms with E-state index >= 15 is 0 Å². The molecule has 120 valence electrons. The predicted octanol–water partition coefficient (Wildman–Crippen LogP) is 1.28. The van der Waals surface area contributed by atoms with Crippen LogP contribution in [0.2, 0.25) is 0 Å². The minimum absolute atomic E-state index is 0.0232. The van der Waals surface area contributed by atoms with Crippen LogP contribution in [0.25, 0.3) is 0 Å². The SMILES string of the molecule is CN1CCCC1CNC(=O)CNC(=O)CC1CCCCC1. The lowest BCUT2D eigenvalue weighted by atomic mass is 9.87. The smallest absolute Gasteiger partial charge is 0.239 e. The van der Waals surface area contributed by atoms with Gasteiger partial charge in [-0.15, -0.1) is 0 Å². The Morgan fingerprint density at radius 2 is 1.76 bits per heavy atom. The van der Waals surface area contributed by atoms with Gasteiger partial charge in [-0.2, -0.15) is 0 Å². The van der Waals surface area contributed by atoms with E-state index in [4.69, 9.17) is 0 Å². The van der Waals surface area contributed by atoms with E-state index in [1.165, 1.54) is 25.7 Å². The summed E-state index contributed by atoms with van der Waals surface area (Å²) >= 11 is 0. The van der Waals surface area contributed by atoms with E-state index in [1.54, 1.807) is 0 Å². The van der Waals surface area contributed by atoms with Crippen LogP contribution in [0.5, 0.6) is 0 Å². The zero-order valence-corrected chi connectivity index (χ0v) is 13.2. The van der Waals surface area contributed by atoms with Crippen molar-refractivity contribution in [2.45, 2.75) is 57.4 Å². The molecule has 2 rings (SSSR count). The Hall–Kier alpha value is -1.10. The highest BCUT2D eigenvalue weighted by Crippen LogP contribution is 2.25. The van der Waals surface area contributed by atoms with Gasteiger partial charge in [-0.05, 0) is 45.2 Å². The lowest BCUT2D eigenvalue weighted by Crippen LogP contribution is -2.43. The molecule has 1 aliphatic carbocycles. The number of hydrogen-bond acceptors (Lipinski definition) is 3. The molecule has 5 heteroatoms. The molecule has 2 amide bonds. The van der Waals surface area contributed by atoms with Gasteiger partial charge in [0, 0.05) is 19.0 Å². The molecule has 1 saturated carbocycles. The summed E-state index contributed by atoms with van der Waals surface area (Å²) < 4.78 is 0. The molecule has 0 aromatic rings. The Balaban J connectivity index is 1.56. The third kappa shape index (κ3) is 5.65. The number of carbonyl (C=O) groups excluding carboxylic acids is 2. The molecule has 0 spiro atoms. The zero-order chi connectivity index (χ0) is 15.1. The lowest BCUT2D eigenvalue weighted by molar-refractivity contribution is -0.126. The van der Waals surface area contributed by atoms with Crippen LogP contribution < -0.4 is 10.6 Å². The van der Waals surface area contributed by atoms with E-state index in [0.29, 0.717) is 24.9 Å². The van der Waals surface area contributed by atoms with Crippen LogP contribution in [0.1, 0.15) is 51.4 Å². The summed E-state index contributed by atoms with van der Waals surface area (Å²) in [5.41, 5.74) is 0. The molecule has 2 fully saturated rings. The average molecular weight is 295 g/mol. The third-order valence-corrected chi connectivity index (χ3v) is 4.85. The second kappa shape index (κ2) is 8.37. The monoisotopic (exact) mass is 295 g/mol. The summed E-state index contributed by atoms with van der Waals surface area (Å²) in [6.07, 6.45) is 9.04. The van der Waals surface area contributed by atoms with Crippen molar-refractivity contribution in [2.24, 2.45) is 5.92 Å². The molecule has 0 aromatic carbocycles. The summed E-state index contributed by atoms with van der Waals surface area (Å²) in [5, 5.41) is 5.67. The molecule has 1 heterocycles. The van der Waals surface area contributed by atoms with E-state index < -0.39 is 0 Å². The van der Waals surface area contributed by atoms with Gasteiger partial charge in [0.2, 0.25) is 11.8 Å². The summed E-state index contributed by atoms with van der Waals surface area (Å²) in [4.78, 5) is 25.9. The number of likely N-dealkylation sites (N-methyl/N-ethyl adjacent to an activating group) is 1. The molecule has 2 N–H and O–H groups in total. The average Bonchev–Trinajstić information content (AvgIpc) is 2.89. The molecular weight excluding hydrogens is 266 g/mol. The molecule has 21 heavy (non-hydrogen) atoms. The van der Waals surface area contributed by atoms with Crippen molar-refractivity contribution in [3.8, 4) is 0 Å². The topological polar surface area (TPSA) is 61.4 Å². The van der Waals surface area contributed by atoms with Gasteiger partial charge in [0.15, 0.2) is 0 Å². The van der Waals surface area contributed by atoms with Gasteiger partial charge in [0.25, 0.3) is 0 Å². The fourth-order valence-corrected chi connectivity index (χ4v) is 3.44. The van der Waals surface area contributed by atoms with Crippen molar-refractivity contribution in [3.63, 3.8) is 0 Å².